The van der Waals surface area contributed by atoms with Crippen LogP contribution in [0.25, 0.3) is 11.4 Å². The monoisotopic (exact) mass is 478 g/mol. The lowest BCUT2D eigenvalue weighted by molar-refractivity contribution is -0.121. The minimum atomic E-state index is -0.139. The van der Waals surface area contributed by atoms with Crippen molar-refractivity contribution in [1.29, 1.82) is 0 Å². The van der Waals surface area contributed by atoms with Gasteiger partial charge >= 0.3 is 0 Å². The van der Waals surface area contributed by atoms with Crippen LogP contribution in [0.3, 0.4) is 0 Å². The van der Waals surface area contributed by atoms with Gasteiger partial charge in [-0.05, 0) is 36.1 Å². The highest BCUT2D eigenvalue weighted by molar-refractivity contribution is 7.99. The number of carbonyl (C=O) groups excluding carboxylic acids is 1. The van der Waals surface area contributed by atoms with Crippen LogP contribution in [-0.4, -0.2) is 33.5 Å². The Labute approximate surface area is 202 Å². The van der Waals surface area contributed by atoms with Crippen molar-refractivity contribution in [2.75, 3.05) is 12.9 Å². The second-order valence-corrected chi connectivity index (χ2v) is 9.32. The summed E-state index contributed by atoms with van der Waals surface area (Å²) >= 11 is 3.18. The molecular formula is C25H26N4O2S2. The molecule has 0 fully saturated rings. The molecule has 33 heavy (non-hydrogen) atoms. The van der Waals surface area contributed by atoms with Crippen molar-refractivity contribution < 1.29 is 9.53 Å². The molecule has 1 amide bonds. The van der Waals surface area contributed by atoms with Crippen molar-refractivity contribution in [3.8, 4) is 17.1 Å². The van der Waals surface area contributed by atoms with Crippen LogP contribution in [0, 0.1) is 0 Å². The lowest BCUT2D eigenvalue weighted by Gasteiger charge is -2.18. The van der Waals surface area contributed by atoms with Crippen LogP contribution in [0.5, 0.6) is 5.75 Å². The zero-order chi connectivity index (χ0) is 23.0. The fraction of sp³-hybridized carbons (Fsp3) is 0.240. The summed E-state index contributed by atoms with van der Waals surface area (Å²) in [7, 11) is 1.65. The van der Waals surface area contributed by atoms with Gasteiger partial charge in [-0.15, -0.1) is 21.5 Å². The summed E-state index contributed by atoms with van der Waals surface area (Å²) in [5, 5.41) is 14.8. The fourth-order valence-electron chi connectivity index (χ4n) is 3.60. The summed E-state index contributed by atoms with van der Waals surface area (Å²) in [6.45, 7) is 2.79. The average molecular weight is 479 g/mol. The molecule has 1 atom stereocenters. The molecule has 2 aromatic heterocycles. The summed E-state index contributed by atoms with van der Waals surface area (Å²) in [6, 6.07) is 21.8. The second-order valence-electron chi connectivity index (χ2n) is 7.28. The number of rotatable bonds is 10. The van der Waals surface area contributed by atoms with Crippen molar-refractivity contribution in [2.45, 2.75) is 31.1 Å². The quantitative estimate of drug-likeness (QED) is 0.308. The Morgan fingerprint density at radius 1 is 1.09 bits per heavy atom. The van der Waals surface area contributed by atoms with E-state index in [1.165, 1.54) is 11.8 Å². The Hall–Kier alpha value is -3.10. The van der Waals surface area contributed by atoms with E-state index < -0.39 is 0 Å². The number of nitrogens with one attached hydrogen (secondary N) is 1. The molecule has 0 aliphatic heterocycles. The maximum Gasteiger partial charge on any atom is 0.221 e. The van der Waals surface area contributed by atoms with Crippen LogP contribution in [-0.2, 0) is 11.3 Å². The summed E-state index contributed by atoms with van der Waals surface area (Å²) in [6.07, 6.45) is 0.389. The Kier molecular flexibility index (Phi) is 7.80. The first-order valence-corrected chi connectivity index (χ1v) is 12.6. The second kappa shape index (κ2) is 11.2. The zero-order valence-corrected chi connectivity index (χ0v) is 20.2. The third kappa shape index (κ3) is 5.46. The molecule has 0 aliphatic rings. The number of thioether (sulfide) groups is 1. The van der Waals surface area contributed by atoms with Crippen LogP contribution in [0.2, 0.25) is 0 Å². The van der Waals surface area contributed by atoms with Gasteiger partial charge in [-0.3, -0.25) is 4.79 Å². The molecule has 4 aromatic rings. The summed E-state index contributed by atoms with van der Waals surface area (Å²) in [4.78, 5) is 13.9. The van der Waals surface area contributed by atoms with E-state index in [0.717, 1.165) is 39.3 Å². The summed E-state index contributed by atoms with van der Waals surface area (Å²) in [5.74, 6) is 2.15. The van der Waals surface area contributed by atoms with E-state index in [2.05, 4.69) is 33.1 Å². The van der Waals surface area contributed by atoms with Gasteiger partial charge in [0.25, 0.3) is 0 Å². The first kappa shape index (κ1) is 23.1. The predicted molar refractivity (Wildman–Crippen MR) is 134 cm³/mol. The standard InChI is InChI=1S/C25H26N4O2S2/c1-3-29-24(19-12-7-8-13-20(19)31-2)27-28-25(29)33-17-15-22(30)26-23(21-14-9-16-32-21)18-10-5-4-6-11-18/h4-14,16,23H,3,15,17H2,1-2H3,(H,26,30). The Balaban J connectivity index is 1.41. The van der Waals surface area contributed by atoms with Gasteiger partial charge in [-0.25, -0.2) is 0 Å². The number of amides is 1. The molecule has 1 unspecified atom stereocenters. The van der Waals surface area contributed by atoms with E-state index in [4.69, 9.17) is 4.74 Å². The van der Waals surface area contributed by atoms with E-state index in [1.807, 2.05) is 66.0 Å². The molecule has 0 spiro atoms. The van der Waals surface area contributed by atoms with Gasteiger partial charge < -0.3 is 14.6 Å². The maximum atomic E-state index is 12.8. The van der Waals surface area contributed by atoms with Crippen LogP contribution < -0.4 is 10.1 Å². The van der Waals surface area contributed by atoms with Crippen molar-refractivity contribution in [1.82, 2.24) is 20.1 Å². The number of benzene rings is 2. The molecule has 0 saturated heterocycles. The molecule has 0 saturated carbocycles. The molecule has 0 bridgehead atoms. The number of carbonyl (C=O) groups is 1. The highest BCUT2D eigenvalue weighted by atomic mass is 32.2. The maximum absolute atomic E-state index is 12.8. The average Bonchev–Trinajstić information content (AvgIpc) is 3.53. The van der Waals surface area contributed by atoms with E-state index in [1.54, 1.807) is 18.4 Å². The van der Waals surface area contributed by atoms with Crippen LogP contribution in [0.15, 0.2) is 77.3 Å². The first-order chi connectivity index (χ1) is 16.2. The predicted octanol–water partition coefficient (Wildman–Crippen LogP) is 5.42. The minimum absolute atomic E-state index is 0.0114. The lowest BCUT2D eigenvalue weighted by atomic mass is 10.1. The van der Waals surface area contributed by atoms with Gasteiger partial charge in [0.1, 0.15) is 5.75 Å². The van der Waals surface area contributed by atoms with Crippen LogP contribution in [0.4, 0.5) is 0 Å². The van der Waals surface area contributed by atoms with Crippen LogP contribution >= 0.6 is 23.1 Å². The highest BCUT2D eigenvalue weighted by Crippen LogP contribution is 2.31. The summed E-state index contributed by atoms with van der Waals surface area (Å²) in [5.41, 5.74) is 1.98. The molecular weight excluding hydrogens is 452 g/mol. The lowest BCUT2D eigenvalue weighted by Crippen LogP contribution is -2.29. The van der Waals surface area contributed by atoms with Gasteiger partial charge in [0.05, 0.1) is 18.7 Å². The Morgan fingerprint density at radius 3 is 2.61 bits per heavy atom. The number of aromatic nitrogens is 3. The molecule has 0 radical (unpaired) electrons. The third-order valence-electron chi connectivity index (χ3n) is 5.21. The number of ether oxygens (including phenoxy) is 1. The van der Waals surface area contributed by atoms with E-state index in [0.29, 0.717) is 12.2 Å². The van der Waals surface area contributed by atoms with E-state index >= 15 is 0 Å². The first-order valence-electron chi connectivity index (χ1n) is 10.8. The Bertz CT molecular complexity index is 1180. The molecule has 2 aromatic carbocycles. The SMILES string of the molecule is CCn1c(SCCC(=O)NC(c2ccccc2)c2cccs2)nnc1-c1ccccc1OC. The number of thiophene rings is 1. The van der Waals surface area contributed by atoms with Gasteiger partial charge in [-0.1, -0.05) is 60.3 Å². The van der Waals surface area contributed by atoms with Crippen molar-refractivity contribution in [3.63, 3.8) is 0 Å². The normalized spacial score (nSPS) is 11.8. The molecule has 1 N–H and O–H groups in total. The van der Waals surface area contributed by atoms with Gasteiger partial charge in [0.2, 0.25) is 5.91 Å². The molecule has 170 valence electrons. The van der Waals surface area contributed by atoms with Crippen molar-refractivity contribution in [3.05, 3.63) is 82.6 Å². The molecule has 0 aliphatic carbocycles. The number of para-hydroxylation sites is 1. The largest absolute Gasteiger partial charge is 0.496 e. The minimum Gasteiger partial charge on any atom is -0.496 e. The van der Waals surface area contributed by atoms with Crippen molar-refractivity contribution >= 4 is 29.0 Å². The van der Waals surface area contributed by atoms with Crippen molar-refractivity contribution in [2.24, 2.45) is 0 Å². The number of nitrogens with zero attached hydrogens (tertiary/aromatic N) is 3. The number of hydrogen-bond donors (Lipinski definition) is 1. The highest BCUT2D eigenvalue weighted by Gasteiger charge is 2.19. The third-order valence-corrected chi connectivity index (χ3v) is 7.11. The Morgan fingerprint density at radius 2 is 1.88 bits per heavy atom. The van der Waals surface area contributed by atoms with Gasteiger partial charge in [-0.2, -0.15) is 0 Å². The molecule has 6 nitrogen and oxygen atoms in total. The molecule has 4 rings (SSSR count). The van der Waals surface area contributed by atoms with Gasteiger partial charge in [0, 0.05) is 23.6 Å². The summed E-state index contributed by atoms with van der Waals surface area (Å²) < 4.78 is 7.54. The molecule has 8 heteroatoms. The topological polar surface area (TPSA) is 69.0 Å². The molecule has 2 heterocycles. The van der Waals surface area contributed by atoms with E-state index in [9.17, 15) is 4.79 Å². The smallest absolute Gasteiger partial charge is 0.221 e. The van der Waals surface area contributed by atoms with E-state index in [-0.39, 0.29) is 11.9 Å². The number of hydrogen-bond acceptors (Lipinski definition) is 6. The zero-order valence-electron chi connectivity index (χ0n) is 18.6. The van der Waals surface area contributed by atoms with Gasteiger partial charge in [0.15, 0.2) is 11.0 Å². The fourth-order valence-corrected chi connectivity index (χ4v) is 5.34. The van der Waals surface area contributed by atoms with Crippen LogP contribution in [0.1, 0.15) is 29.8 Å². The number of methoxy groups -OCH3 is 1.